The van der Waals surface area contributed by atoms with Gasteiger partial charge in [-0.05, 0) is 179 Å². The number of carbonyl (C=O) groups is 2. The summed E-state index contributed by atoms with van der Waals surface area (Å²) in [4.78, 5) is 61.3. The molecule has 0 bridgehead atoms. The number of nitrogens with one attached hydrogen (secondary N) is 4. The Labute approximate surface area is 817 Å². The zero-order valence-electron chi connectivity index (χ0n) is 74.6. The van der Waals surface area contributed by atoms with Crippen molar-refractivity contribution in [3.63, 3.8) is 0 Å². The molecule has 4 aliphatic heterocycles. The van der Waals surface area contributed by atoms with E-state index in [1.807, 2.05) is 207 Å². The molecule has 0 radical (unpaired) electrons. The fourth-order valence-electron chi connectivity index (χ4n) is 18.1. The van der Waals surface area contributed by atoms with Crippen molar-refractivity contribution in [1.82, 2.24) is 53.1 Å². The number of aromatic nitrogens is 7. The van der Waals surface area contributed by atoms with E-state index in [4.69, 9.17) is 23.2 Å². The first kappa shape index (κ1) is 98.3. The SMILES string of the molecule is C.C.CN1C(=O)C(Cc2cccc(-c3ccccc3)c2)NC(=O)c2cc(Cl)ccc21.Cc1ccc(Cl)cc1S(=O)(=O)N1Cc2ccccc2N(Cc2cnc[nH]2)C(CCc2ccccc2)C1.O=S(=O)(c1ccc2cccnc2c1)N1Cc2ccccc2N(Cc2cnc[nH]2)C(CCc2ccccc2)C1.O=S(=O)(c1cccs1)N1Cc2ccccc2N(Cc2cnc[nH]2)C(CCc2ccccc2)C1. The number of sulfonamides is 3. The van der Waals surface area contributed by atoms with Gasteiger partial charge in [0.1, 0.15) is 10.3 Å². The molecule has 4 atom stereocenters. The lowest BCUT2D eigenvalue weighted by atomic mass is 9.99. The molecule has 11 aromatic carbocycles. The number of aryl methyl sites for hydroxylation is 4. The number of anilines is 4. The second kappa shape index (κ2) is 45.2. The number of fused-ring (bicyclic) bond motifs is 5. The molecule has 4 unspecified atom stereocenters. The highest BCUT2D eigenvalue weighted by atomic mass is 35.5. The minimum Gasteiger partial charge on any atom is -0.361 e. The molecule has 16 aromatic rings. The molecule has 0 spiro atoms. The van der Waals surface area contributed by atoms with Crippen LogP contribution in [-0.4, -0.2) is 136 Å². The standard InChI is InChI=1S/C30H29N5O2S.C28H29ClN4O2S.C25H26N4O2S2.C23H19ClN2O2.2CH4/c36-38(37,28-15-13-24-10-6-16-32-29(24)17-28)34-19-25-9-4-5-11-30(25)35(20-26-18-31-22-33-26)27(21-34)14-12-23-7-2-1-3-8-23;1-21-11-13-24(29)15-28(21)36(34,35)32-17-23-9-5-6-10-27(23)33(18-25-16-30-20-31-25)26(19-32)14-12-22-7-3-2-4-8-22;30-33(31,25-11-6-14-32-25)28-16-21-9-4-5-10-24(21)29(17-22-15-26-19-27-22)23(18-28)13-12-20-7-2-1-3-8-20;1-26-21-11-10-18(24)14-19(21)22(27)25-20(23(26)28)13-15-6-5-9-17(12-15)16-7-3-2-4-8-16;;/h1-11,13,15-18,22,27H,12,14,19-21H2,(H,31,33);2-11,13,15-16,20,26H,12,14,17-19H2,1H3,(H,30,31);1-11,14-15,19,23H,12-13,16-18H2,(H,26,27);2-12,14,20H,13H2,1H3,(H,25,27);2*1H4. The lowest BCUT2D eigenvalue weighted by Crippen LogP contribution is -2.45. The molecule has 0 saturated carbocycles. The summed E-state index contributed by atoms with van der Waals surface area (Å²) in [5.41, 5.74) is 18.3. The van der Waals surface area contributed by atoms with Crippen molar-refractivity contribution in [2.75, 3.05) is 46.3 Å². The van der Waals surface area contributed by atoms with Crippen LogP contribution in [0.5, 0.6) is 0 Å². The molecule has 2 amide bonds. The van der Waals surface area contributed by atoms with Gasteiger partial charge in [0.2, 0.25) is 26.0 Å². The third-order valence-corrected chi connectivity index (χ3v) is 32.5. The molecule has 4 N–H and O–H groups in total. The molecule has 4 aliphatic rings. The van der Waals surface area contributed by atoms with E-state index >= 15 is 0 Å². The summed E-state index contributed by atoms with van der Waals surface area (Å²) in [5, 5.41) is 6.47. The minimum absolute atomic E-state index is 0. The number of halogens is 2. The Morgan fingerprint density at radius 2 is 0.869 bits per heavy atom. The van der Waals surface area contributed by atoms with Crippen LogP contribution in [0.1, 0.15) is 106 Å². The van der Waals surface area contributed by atoms with E-state index in [0.29, 0.717) is 102 Å². The van der Waals surface area contributed by atoms with Crippen LogP contribution in [0.15, 0.2) is 360 Å². The van der Waals surface area contributed by atoms with E-state index in [-0.39, 0.29) is 54.6 Å². The Hall–Kier alpha value is -13.2. The highest BCUT2D eigenvalue weighted by Gasteiger charge is 2.40. The fourth-order valence-corrected chi connectivity index (χ4v) is 24.3. The number of amides is 2. The average molecular weight is 1950 g/mol. The van der Waals surface area contributed by atoms with Crippen LogP contribution in [-0.2, 0) is 99.8 Å². The van der Waals surface area contributed by atoms with Gasteiger partial charge in [-0.2, -0.15) is 12.9 Å². The van der Waals surface area contributed by atoms with Crippen molar-refractivity contribution in [2.45, 2.75) is 144 Å². The molecule has 0 aliphatic carbocycles. The van der Waals surface area contributed by atoms with Gasteiger partial charge in [0.05, 0.1) is 82.3 Å². The van der Waals surface area contributed by atoms with E-state index < -0.39 is 36.1 Å². The Balaban J connectivity index is 0.000000139. The van der Waals surface area contributed by atoms with Gasteiger partial charge in [-0.1, -0.05) is 263 Å². The molecular formula is C108H111Cl2N15O8S4. The lowest BCUT2D eigenvalue weighted by Gasteiger charge is -2.34. The van der Waals surface area contributed by atoms with Gasteiger partial charge in [-0.25, -0.2) is 40.2 Å². The van der Waals surface area contributed by atoms with Crippen molar-refractivity contribution in [1.29, 1.82) is 0 Å². The quantitative estimate of drug-likeness (QED) is 0.0438. The van der Waals surface area contributed by atoms with Gasteiger partial charge < -0.3 is 39.9 Å². The van der Waals surface area contributed by atoms with Crippen molar-refractivity contribution < 1.29 is 34.8 Å². The Kier molecular flexibility index (Phi) is 32.4. The van der Waals surface area contributed by atoms with E-state index in [9.17, 15) is 34.8 Å². The number of pyridine rings is 1. The maximum atomic E-state index is 14.1. The average Bonchev–Trinajstić information content (AvgIpc) is 1.68. The maximum Gasteiger partial charge on any atom is 0.254 e. The summed E-state index contributed by atoms with van der Waals surface area (Å²) >= 11 is 13.5. The number of hydrogen-bond donors (Lipinski definition) is 4. The largest absolute Gasteiger partial charge is 0.361 e. The molecule has 704 valence electrons. The third kappa shape index (κ3) is 23.7. The topological polar surface area (TPSA) is 270 Å². The Morgan fingerprint density at radius 3 is 1.35 bits per heavy atom. The second-order valence-corrected chi connectivity index (χ2v) is 41.8. The number of imidazole rings is 3. The first-order valence-electron chi connectivity index (χ1n) is 44.9. The van der Waals surface area contributed by atoms with E-state index in [1.54, 1.807) is 106 Å². The van der Waals surface area contributed by atoms with Crippen LogP contribution < -0.4 is 24.9 Å². The number of nitrogens with zero attached hydrogens (tertiary/aromatic N) is 11. The maximum absolute atomic E-state index is 14.1. The van der Waals surface area contributed by atoms with Gasteiger partial charge in [0, 0.05) is 128 Å². The van der Waals surface area contributed by atoms with Crippen molar-refractivity contribution in [2.24, 2.45) is 0 Å². The smallest absolute Gasteiger partial charge is 0.254 e. The summed E-state index contributed by atoms with van der Waals surface area (Å²) in [6, 6.07) is 95.3. The number of rotatable bonds is 24. The number of likely N-dealkylation sites (N-methyl/N-ethyl adjacent to an activating group) is 1. The summed E-state index contributed by atoms with van der Waals surface area (Å²) in [6.45, 7) is 5.81. The Bertz CT molecular complexity index is 7070. The molecule has 9 heterocycles. The van der Waals surface area contributed by atoms with Gasteiger partial charge in [-0.15, -0.1) is 11.3 Å². The van der Waals surface area contributed by atoms with E-state index in [1.165, 1.54) is 32.9 Å². The van der Waals surface area contributed by atoms with Crippen LogP contribution >= 0.6 is 34.5 Å². The summed E-state index contributed by atoms with van der Waals surface area (Å²) in [6.07, 6.45) is 17.6. The molecule has 0 fully saturated rings. The highest BCUT2D eigenvalue weighted by molar-refractivity contribution is 7.91. The number of thiophene rings is 1. The number of H-pyrrole nitrogens is 3. The molecule has 0 saturated heterocycles. The van der Waals surface area contributed by atoms with Crippen molar-refractivity contribution in [3.8, 4) is 11.1 Å². The second-order valence-electron chi connectivity index (χ2n) is 34.0. The summed E-state index contributed by atoms with van der Waals surface area (Å²) in [7, 11) is -9.45. The number of hydrogen-bond acceptors (Lipinski definition) is 16. The zero-order valence-corrected chi connectivity index (χ0v) is 79.4. The van der Waals surface area contributed by atoms with Crippen molar-refractivity contribution in [3.05, 3.63) is 424 Å². The predicted molar refractivity (Wildman–Crippen MR) is 549 cm³/mol. The van der Waals surface area contributed by atoms with Crippen LogP contribution in [0.25, 0.3) is 22.0 Å². The molecule has 29 heteroatoms. The third-order valence-electron chi connectivity index (χ3n) is 25.1. The van der Waals surface area contributed by atoms with E-state index in [2.05, 4.69) is 116 Å². The number of carbonyl (C=O) groups excluding carboxylic acids is 2. The molecule has 23 nitrogen and oxygen atoms in total. The monoisotopic (exact) mass is 1940 g/mol. The highest BCUT2D eigenvalue weighted by Crippen LogP contribution is 2.40. The number of aromatic amines is 3. The Morgan fingerprint density at radius 1 is 0.423 bits per heavy atom. The predicted octanol–water partition coefficient (Wildman–Crippen LogP) is 21.0. The molecule has 20 rings (SSSR count). The molecular weight excluding hydrogens is 1830 g/mol. The number of benzene rings is 11. The van der Waals surface area contributed by atoms with Crippen LogP contribution in [0.4, 0.5) is 22.7 Å². The van der Waals surface area contributed by atoms with E-state index in [0.717, 1.165) is 111 Å². The summed E-state index contributed by atoms with van der Waals surface area (Å²) in [5.74, 6) is -0.445. The van der Waals surface area contributed by atoms with Gasteiger partial charge in [-0.3, -0.25) is 14.6 Å². The van der Waals surface area contributed by atoms with Crippen LogP contribution in [0, 0.1) is 6.92 Å². The zero-order chi connectivity index (χ0) is 93.4. The lowest BCUT2D eigenvalue weighted by molar-refractivity contribution is -0.120. The first-order chi connectivity index (χ1) is 65.6. The molecule has 5 aromatic heterocycles. The van der Waals surface area contributed by atoms with Crippen molar-refractivity contribution >= 4 is 110 Å². The summed E-state index contributed by atoms with van der Waals surface area (Å²) < 4.78 is 88.6. The van der Waals surface area contributed by atoms with Crippen LogP contribution in [0.2, 0.25) is 10.0 Å². The first-order valence-corrected chi connectivity index (χ1v) is 50.8. The fraction of sp³-hybridized carbons (Fsp3) is 0.222. The molecule has 137 heavy (non-hydrogen) atoms. The van der Waals surface area contributed by atoms with Gasteiger partial charge >= 0.3 is 0 Å². The number of para-hydroxylation sites is 3. The van der Waals surface area contributed by atoms with Crippen LogP contribution in [0.3, 0.4) is 0 Å². The van der Waals surface area contributed by atoms with Gasteiger partial charge in [0.25, 0.3) is 15.9 Å². The van der Waals surface area contributed by atoms with Gasteiger partial charge in [0.15, 0.2) is 0 Å². The minimum atomic E-state index is -3.78. The normalized spacial score (nSPS) is 16.3.